The lowest BCUT2D eigenvalue weighted by Crippen LogP contribution is -2.03. The van der Waals surface area contributed by atoms with Gasteiger partial charge in [0, 0.05) is 6.54 Å². The predicted molar refractivity (Wildman–Crippen MR) is 57.1 cm³/mol. The summed E-state index contributed by atoms with van der Waals surface area (Å²) in [4.78, 5) is 7.89. The molecule has 4 N–H and O–H groups in total. The average Bonchev–Trinajstić information content (AvgIpc) is 2.47. The molecule has 2 aromatic rings. The highest BCUT2D eigenvalue weighted by atomic mass is 35.5. The number of aromatic nitrogens is 4. The topological polar surface area (TPSA) is 95.6 Å². The Labute approximate surface area is 86.7 Å². The number of nitrogens with two attached hydrogens (primary N) is 2. The first-order valence-corrected chi connectivity index (χ1v) is 3.97. The molecule has 0 spiro atoms. The monoisotopic (exact) mass is 214 g/mol. The van der Waals surface area contributed by atoms with Gasteiger partial charge in [0.2, 0.25) is 5.95 Å². The van der Waals surface area contributed by atoms with E-state index in [9.17, 15) is 0 Å². The maximum atomic E-state index is 5.64. The van der Waals surface area contributed by atoms with E-state index < -0.39 is 0 Å². The molecule has 2 aromatic heterocycles. The number of nitrogen functional groups attached to an aromatic ring is 2. The second kappa shape index (κ2) is 3.67. The lowest BCUT2D eigenvalue weighted by atomic mass is 10.4. The minimum atomic E-state index is 0. The molecule has 0 amide bonds. The Morgan fingerprint density at radius 3 is 2.71 bits per heavy atom. The first-order valence-electron chi connectivity index (χ1n) is 3.97. The van der Waals surface area contributed by atoms with Crippen molar-refractivity contribution in [2.24, 2.45) is 0 Å². The summed E-state index contributed by atoms with van der Waals surface area (Å²) in [6.07, 6.45) is 1.65. The summed E-state index contributed by atoms with van der Waals surface area (Å²) < 4.78 is 1.73. The molecule has 0 saturated heterocycles. The van der Waals surface area contributed by atoms with Crippen molar-refractivity contribution < 1.29 is 0 Å². The van der Waals surface area contributed by atoms with Gasteiger partial charge in [-0.25, -0.2) is 4.68 Å². The molecule has 7 heteroatoms. The third kappa shape index (κ3) is 1.44. The third-order valence-electron chi connectivity index (χ3n) is 1.84. The Bertz CT molecular complexity index is 451. The van der Waals surface area contributed by atoms with E-state index in [1.165, 1.54) is 0 Å². The molecule has 0 fully saturated rings. The summed E-state index contributed by atoms with van der Waals surface area (Å²) in [5, 5.41) is 4.84. The summed E-state index contributed by atoms with van der Waals surface area (Å²) in [5.41, 5.74) is 11.8. The molecule has 0 aliphatic rings. The van der Waals surface area contributed by atoms with Crippen LogP contribution in [0.15, 0.2) is 6.20 Å². The van der Waals surface area contributed by atoms with Gasteiger partial charge in [0.05, 0.1) is 11.6 Å². The quantitative estimate of drug-likeness (QED) is 0.718. The van der Waals surface area contributed by atoms with Gasteiger partial charge in [-0.15, -0.1) is 12.4 Å². The molecule has 0 aromatic carbocycles. The van der Waals surface area contributed by atoms with E-state index in [4.69, 9.17) is 11.5 Å². The molecule has 2 heterocycles. The van der Waals surface area contributed by atoms with Crippen molar-refractivity contribution in [3.05, 3.63) is 6.20 Å². The molecule has 0 radical (unpaired) electrons. The zero-order valence-electron chi connectivity index (χ0n) is 7.64. The van der Waals surface area contributed by atoms with E-state index in [0.717, 1.165) is 11.9 Å². The summed E-state index contributed by atoms with van der Waals surface area (Å²) in [7, 11) is 0. The number of anilines is 2. The Kier molecular flexibility index (Phi) is 2.76. The van der Waals surface area contributed by atoms with E-state index in [-0.39, 0.29) is 18.4 Å². The molecule has 0 aliphatic heterocycles. The minimum Gasteiger partial charge on any atom is -0.383 e. The number of halogens is 1. The fraction of sp³-hybridized carbons (Fsp3) is 0.286. The standard InChI is InChI=1S/C7H10N6.ClH/c1-2-13-6-4(3-10-13)5(8)11-7(9)12-6;/h3H,2H2,1H3,(H4,8,9,11,12);1H. The lowest BCUT2D eigenvalue weighted by Gasteiger charge is -1.99. The molecule has 0 bridgehead atoms. The summed E-state index contributed by atoms with van der Waals surface area (Å²) in [6.45, 7) is 2.71. The smallest absolute Gasteiger partial charge is 0.224 e. The van der Waals surface area contributed by atoms with Crippen molar-refractivity contribution in [1.82, 2.24) is 19.7 Å². The maximum absolute atomic E-state index is 5.64. The van der Waals surface area contributed by atoms with Gasteiger partial charge in [-0.1, -0.05) is 0 Å². The van der Waals surface area contributed by atoms with Gasteiger partial charge in [-0.3, -0.25) is 0 Å². The van der Waals surface area contributed by atoms with Crippen molar-refractivity contribution in [3.8, 4) is 0 Å². The molecule has 14 heavy (non-hydrogen) atoms. The average molecular weight is 215 g/mol. The third-order valence-corrected chi connectivity index (χ3v) is 1.84. The Balaban J connectivity index is 0.000000980. The van der Waals surface area contributed by atoms with Crippen LogP contribution in [0.4, 0.5) is 11.8 Å². The number of rotatable bonds is 1. The van der Waals surface area contributed by atoms with Crippen LogP contribution in [0.1, 0.15) is 6.92 Å². The largest absolute Gasteiger partial charge is 0.383 e. The van der Waals surface area contributed by atoms with Gasteiger partial charge in [-0.05, 0) is 6.92 Å². The van der Waals surface area contributed by atoms with Crippen molar-refractivity contribution in [3.63, 3.8) is 0 Å². The van der Waals surface area contributed by atoms with Gasteiger partial charge in [-0.2, -0.15) is 15.1 Å². The fourth-order valence-corrected chi connectivity index (χ4v) is 1.23. The first-order chi connectivity index (χ1) is 6.22. The molecule has 0 saturated carbocycles. The molecule has 76 valence electrons. The second-order valence-corrected chi connectivity index (χ2v) is 2.66. The molecular weight excluding hydrogens is 204 g/mol. The summed E-state index contributed by atoms with van der Waals surface area (Å²) >= 11 is 0. The van der Waals surface area contributed by atoms with Crippen molar-refractivity contribution in [2.75, 3.05) is 11.5 Å². The van der Waals surface area contributed by atoms with Crippen LogP contribution in [0.3, 0.4) is 0 Å². The van der Waals surface area contributed by atoms with E-state index in [1.807, 2.05) is 6.92 Å². The van der Waals surface area contributed by atoms with Gasteiger partial charge < -0.3 is 11.5 Å². The number of fused-ring (bicyclic) bond motifs is 1. The van der Waals surface area contributed by atoms with Crippen molar-refractivity contribution in [2.45, 2.75) is 13.5 Å². The van der Waals surface area contributed by atoms with Crippen LogP contribution < -0.4 is 11.5 Å². The van der Waals surface area contributed by atoms with Crippen LogP contribution in [-0.4, -0.2) is 19.7 Å². The molecule has 0 unspecified atom stereocenters. The van der Waals surface area contributed by atoms with Crippen LogP contribution >= 0.6 is 12.4 Å². The normalized spacial score (nSPS) is 10.1. The van der Waals surface area contributed by atoms with Gasteiger partial charge in [0.15, 0.2) is 5.65 Å². The summed E-state index contributed by atoms with van der Waals surface area (Å²) in [5.74, 6) is 0.558. The lowest BCUT2D eigenvalue weighted by molar-refractivity contribution is 0.677. The van der Waals surface area contributed by atoms with Crippen LogP contribution in [0, 0.1) is 0 Å². The zero-order valence-corrected chi connectivity index (χ0v) is 8.45. The number of aryl methyl sites for hydroxylation is 1. The van der Waals surface area contributed by atoms with Crippen molar-refractivity contribution in [1.29, 1.82) is 0 Å². The molecule has 0 aliphatic carbocycles. The Hall–Kier alpha value is -1.56. The minimum absolute atomic E-state index is 0. The van der Waals surface area contributed by atoms with Crippen LogP contribution in [0.25, 0.3) is 11.0 Å². The highest BCUT2D eigenvalue weighted by Crippen LogP contribution is 2.17. The molecule has 6 nitrogen and oxygen atoms in total. The number of hydrogen-bond donors (Lipinski definition) is 2. The molecule has 2 rings (SSSR count). The predicted octanol–water partition coefficient (Wildman–Crippen LogP) is 0.432. The van der Waals surface area contributed by atoms with E-state index >= 15 is 0 Å². The fourth-order valence-electron chi connectivity index (χ4n) is 1.23. The second-order valence-electron chi connectivity index (χ2n) is 2.66. The highest BCUT2D eigenvalue weighted by Gasteiger charge is 2.07. The van der Waals surface area contributed by atoms with E-state index in [0.29, 0.717) is 11.5 Å². The van der Waals surface area contributed by atoms with Crippen LogP contribution in [0.2, 0.25) is 0 Å². The first kappa shape index (κ1) is 10.5. The van der Waals surface area contributed by atoms with Crippen LogP contribution in [0.5, 0.6) is 0 Å². The van der Waals surface area contributed by atoms with E-state index in [2.05, 4.69) is 15.1 Å². The van der Waals surface area contributed by atoms with Gasteiger partial charge >= 0.3 is 0 Å². The molecule has 0 atom stereocenters. The Morgan fingerprint density at radius 1 is 1.36 bits per heavy atom. The number of nitrogens with zero attached hydrogens (tertiary/aromatic N) is 4. The summed E-state index contributed by atoms with van der Waals surface area (Å²) in [6, 6.07) is 0. The SMILES string of the molecule is CCn1ncc2c(N)nc(N)nc21.Cl. The Morgan fingerprint density at radius 2 is 2.07 bits per heavy atom. The van der Waals surface area contributed by atoms with Crippen LogP contribution in [-0.2, 0) is 6.54 Å². The van der Waals surface area contributed by atoms with E-state index in [1.54, 1.807) is 10.9 Å². The number of hydrogen-bond acceptors (Lipinski definition) is 5. The molecular formula is C7H11ClN6. The zero-order chi connectivity index (χ0) is 9.42. The van der Waals surface area contributed by atoms with Crippen molar-refractivity contribution >= 4 is 35.2 Å². The highest BCUT2D eigenvalue weighted by molar-refractivity contribution is 5.86. The van der Waals surface area contributed by atoms with Gasteiger partial charge in [0.1, 0.15) is 5.82 Å². The maximum Gasteiger partial charge on any atom is 0.224 e. The van der Waals surface area contributed by atoms with Gasteiger partial charge in [0.25, 0.3) is 0 Å².